The van der Waals surface area contributed by atoms with Gasteiger partial charge in [0.15, 0.2) is 0 Å². The molecule has 0 saturated heterocycles. The fourth-order valence-corrected chi connectivity index (χ4v) is 2.63. The molecule has 0 aliphatic heterocycles. The topological polar surface area (TPSA) is 12.0 Å². The summed E-state index contributed by atoms with van der Waals surface area (Å²) in [7, 11) is 0. The molecule has 1 aromatic rings. The molecule has 1 unspecified atom stereocenters. The number of hydrogen-bond acceptors (Lipinski definition) is 3. The van der Waals surface area contributed by atoms with E-state index in [1.54, 1.807) is 0 Å². The van der Waals surface area contributed by atoms with Crippen molar-refractivity contribution < 1.29 is 0 Å². The van der Waals surface area contributed by atoms with Gasteiger partial charge < -0.3 is 5.32 Å². The maximum absolute atomic E-state index is 3.46. The summed E-state index contributed by atoms with van der Waals surface area (Å²) in [4.78, 5) is 1.42. The van der Waals surface area contributed by atoms with Crippen LogP contribution >= 0.6 is 23.1 Å². The number of thiophene rings is 1. The average Bonchev–Trinajstić information content (AvgIpc) is 2.57. The van der Waals surface area contributed by atoms with Gasteiger partial charge in [-0.05, 0) is 17.2 Å². The molecule has 0 aliphatic carbocycles. The van der Waals surface area contributed by atoms with Crippen molar-refractivity contribution in [2.75, 3.05) is 12.3 Å². The van der Waals surface area contributed by atoms with E-state index in [1.807, 2.05) is 23.1 Å². The summed E-state index contributed by atoms with van der Waals surface area (Å²) in [5.74, 6) is 1.21. The minimum atomic E-state index is 0.727. The molecular weight excluding hydrogens is 198 g/mol. The van der Waals surface area contributed by atoms with Crippen molar-refractivity contribution in [1.82, 2.24) is 5.32 Å². The van der Waals surface area contributed by atoms with Crippen molar-refractivity contribution in [1.29, 1.82) is 0 Å². The lowest BCUT2D eigenvalue weighted by atomic mass is 10.4. The molecular formula is C10H17NS2. The van der Waals surface area contributed by atoms with E-state index in [2.05, 4.69) is 36.7 Å². The first kappa shape index (κ1) is 11.1. The lowest BCUT2D eigenvalue weighted by Crippen LogP contribution is -2.21. The van der Waals surface area contributed by atoms with E-state index in [1.165, 1.54) is 10.6 Å². The Morgan fingerprint density at radius 2 is 2.46 bits per heavy atom. The van der Waals surface area contributed by atoms with E-state index in [9.17, 15) is 0 Å². The highest BCUT2D eigenvalue weighted by molar-refractivity contribution is 7.99. The van der Waals surface area contributed by atoms with Gasteiger partial charge in [0.05, 0.1) is 0 Å². The van der Waals surface area contributed by atoms with Gasteiger partial charge in [-0.15, -0.1) is 11.3 Å². The lowest BCUT2D eigenvalue weighted by molar-refractivity contribution is 0.690. The number of rotatable bonds is 6. The van der Waals surface area contributed by atoms with Gasteiger partial charge in [0.25, 0.3) is 0 Å². The second-order valence-corrected chi connectivity index (χ2v) is 5.72. The quantitative estimate of drug-likeness (QED) is 0.783. The lowest BCUT2D eigenvalue weighted by Gasteiger charge is -2.09. The van der Waals surface area contributed by atoms with Crippen LogP contribution in [0.5, 0.6) is 0 Å². The SMILES string of the molecule is CCSC(C)CNCc1cccs1. The normalized spacial score (nSPS) is 13.1. The summed E-state index contributed by atoms with van der Waals surface area (Å²) >= 11 is 3.83. The molecule has 3 heteroatoms. The van der Waals surface area contributed by atoms with Gasteiger partial charge in [0, 0.05) is 23.2 Å². The number of thioether (sulfide) groups is 1. The van der Waals surface area contributed by atoms with Crippen molar-refractivity contribution >= 4 is 23.1 Å². The Kier molecular flexibility index (Phi) is 5.51. The molecule has 0 bridgehead atoms. The first-order valence-corrected chi connectivity index (χ1v) is 6.60. The van der Waals surface area contributed by atoms with Crippen molar-refractivity contribution in [3.8, 4) is 0 Å². The zero-order chi connectivity index (χ0) is 9.52. The summed E-state index contributed by atoms with van der Waals surface area (Å²) < 4.78 is 0. The van der Waals surface area contributed by atoms with Crippen LogP contribution in [0.1, 0.15) is 18.7 Å². The van der Waals surface area contributed by atoms with Gasteiger partial charge in [0.2, 0.25) is 0 Å². The highest BCUT2D eigenvalue weighted by Crippen LogP contribution is 2.10. The predicted molar refractivity (Wildman–Crippen MR) is 63.6 cm³/mol. The van der Waals surface area contributed by atoms with Gasteiger partial charge in [-0.1, -0.05) is 19.9 Å². The van der Waals surface area contributed by atoms with Crippen molar-refractivity contribution in [3.05, 3.63) is 22.4 Å². The Morgan fingerprint density at radius 3 is 3.08 bits per heavy atom. The molecule has 1 rings (SSSR count). The fraction of sp³-hybridized carbons (Fsp3) is 0.600. The standard InChI is InChI=1S/C10H17NS2/c1-3-12-9(2)7-11-8-10-5-4-6-13-10/h4-6,9,11H,3,7-8H2,1-2H3. The number of hydrogen-bond donors (Lipinski definition) is 1. The van der Waals surface area contributed by atoms with Crippen LogP contribution in [-0.4, -0.2) is 17.5 Å². The third-order valence-electron chi connectivity index (χ3n) is 1.76. The molecule has 1 nitrogen and oxygen atoms in total. The van der Waals surface area contributed by atoms with E-state index in [0.717, 1.165) is 18.3 Å². The van der Waals surface area contributed by atoms with Crippen LogP contribution in [0.25, 0.3) is 0 Å². The van der Waals surface area contributed by atoms with Gasteiger partial charge >= 0.3 is 0 Å². The maximum Gasteiger partial charge on any atom is 0.0300 e. The smallest absolute Gasteiger partial charge is 0.0300 e. The monoisotopic (exact) mass is 215 g/mol. The van der Waals surface area contributed by atoms with Crippen molar-refractivity contribution in [2.45, 2.75) is 25.6 Å². The van der Waals surface area contributed by atoms with E-state index in [4.69, 9.17) is 0 Å². The minimum Gasteiger partial charge on any atom is -0.311 e. The third-order valence-corrected chi connectivity index (χ3v) is 3.71. The molecule has 0 saturated carbocycles. The summed E-state index contributed by atoms with van der Waals surface area (Å²) in [5, 5.41) is 6.31. The molecule has 1 aromatic heterocycles. The van der Waals surface area contributed by atoms with Crippen LogP contribution in [0.4, 0.5) is 0 Å². The Morgan fingerprint density at radius 1 is 1.62 bits per heavy atom. The zero-order valence-corrected chi connectivity index (χ0v) is 9.88. The summed E-state index contributed by atoms with van der Waals surface area (Å²) in [5.41, 5.74) is 0. The van der Waals surface area contributed by atoms with Crippen LogP contribution in [0.3, 0.4) is 0 Å². The summed E-state index contributed by atoms with van der Waals surface area (Å²) in [6, 6.07) is 4.28. The molecule has 1 heterocycles. The molecule has 0 amide bonds. The van der Waals surface area contributed by atoms with Gasteiger partial charge in [-0.2, -0.15) is 11.8 Å². The van der Waals surface area contributed by atoms with Gasteiger partial charge in [-0.3, -0.25) is 0 Å². The average molecular weight is 215 g/mol. The molecule has 0 aromatic carbocycles. The van der Waals surface area contributed by atoms with Crippen molar-refractivity contribution in [3.63, 3.8) is 0 Å². The van der Waals surface area contributed by atoms with Crippen molar-refractivity contribution in [2.24, 2.45) is 0 Å². The molecule has 0 aliphatic rings. The maximum atomic E-state index is 3.46. The summed E-state index contributed by atoms with van der Waals surface area (Å²) in [6.07, 6.45) is 0. The highest BCUT2D eigenvalue weighted by Gasteiger charge is 2.00. The van der Waals surface area contributed by atoms with Gasteiger partial charge in [-0.25, -0.2) is 0 Å². The summed E-state index contributed by atoms with van der Waals surface area (Å²) in [6.45, 7) is 6.61. The largest absolute Gasteiger partial charge is 0.311 e. The van der Waals surface area contributed by atoms with E-state index >= 15 is 0 Å². The van der Waals surface area contributed by atoms with E-state index < -0.39 is 0 Å². The highest BCUT2D eigenvalue weighted by atomic mass is 32.2. The molecule has 0 fully saturated rings. The molecule has 0 radical (unpaired) electrons. The van der Waals surface area contributed by atoms with Crippen LogP contribution in [0, 0.1) is 0 Å². The van der Waals surface area contributed by atoms with Gasteiger partial charge in [0.1, 0.15) is 0 Å². The van der Waals surface area contributed by atoms with Crippen LogP contribution in [0.2, 0.25) is 0 Å². The predicted octanol–water partition coefficient (Wildman–Crippen LogP) is 2.98. The third kappa shape index (κ3) is 4.69. The first-order valence-electron chi connectivity index (χ1n) is 4.67. The minimum absolute atomic E-state index is 0.727. The molecule has 0 spiro atoms. The second kappa shape index (κ2) is 6.46. The Balaban J connectivity index is 2.07. The Bertz CT molecular complexity index is 209. The molecule has 74 valence electrons. The number of nitrogens with one attached hydrogen (secondary N) is 1. The molecule has 1 atom stereocenters. The fourth-order valence-electron chi connectivity index (χ4n) is 1.16. The Hall–Kier alpha value is 0.01000. The molecule has 13 heavy (non-hydrogen) atoms. The van der Waals surface area contributed by atoms with Crippen LogP contribution < -0.4 is 5.32 Å². The van der Waals surface area contributed by atoms with Crippen LogP contribution in [-0.2, 0) is 6.54 Å². The Labute approximate surface area is 88.9 Å². The van der Waals surface area contributed by atoms with E-state index in [0.29, 0.717) is 0 Å². The molecule has 1 N–H and O–H groups in total. The zero-order valence-electron chi connectivity index (χ0n) is 8.25. The van der Waals surface area contributed by atoms with E-state index in [-0.39, 0.29) is 0 Å². The van der Waals surface area contributed by atoms with Crippen LogP contribution in [0.15, 0.2) is 17.5 Å². The second-order valence-electron chi connectivity index (χ2n) is 2.98. The first-order chi connectivity index (χ1) is 6.33.